The zero-order chi connectivity index (χ0) is 32.8. The molecule has 3 aliphatic rings. The van der Waals surface area contributed by atoms with Crippen LogP contribution in [0.25, 0.3) is 0 Å². The maximum atomic E-state index is 14.8. The quantitative estimate of drug-likeness (QED) is 0.267. The normalized spacial score (nSPS) is 23.2. The van der Waals surface area contributed by atoms with Gasteiger partial charge in [0.05, 0.1) is 12.5 Å². The van der Waals surface area contributed by atoms with E-state index in [1.54, 1.807) is 55.4 Å². The lowest BCUT2D eigenvalue weighted by atomic mass is 9.89. The van der Waals surface area contributed by atoms with Gasteiger partial charge in [0.2, 0.25) is 15.9 Å². The van der Waals surface area contributed by atoms with E-state index in [0.717, 1.165) is 18.4 Å². The third kappa shape index (κ3) is 6.42. The third-order valence-electron chi connectivity index (χ3n) is 9.26. The number of rotatable bonds is 11. The first-order chi connectivity index (χ1) is 21.9. The molecule has 8 nitrogen and oxygen atoms in total. The lowest BCUT2D eigenvalue weighted by molar-refractivity contribution is -0.182. The molecule has 3 aromatic carbocycles. The van der Waals surface area contributed by atoms with Crippen molar-refractivity contribution in [2.75, 3.05) is 20.6 Å². The molecule has 0 spiro atoms. The highest BCUT2D eigenvalue weighted by molar-refractivity contribution is 7.90. The van der Waals surface area contributed by atoms with E-state index in [0.29, 0.717) is 28.5 Å². The van der Waals surface area contributed by atoms with Crippen LogP contribution in [0, 0.1) is 11.7 Å². The minimum atomic E-state index is -4.04. The Kier molecular flexibility index (Phi) is 9.21. The largest absolute Gasteiger partial charge is 0.357 e. The summed E-state index contributed by atoms with van der Waals surface area (Å²) in [4.78, 5) is 30.5. The summed E-state index contributed by atoms with van der Waals surface area (Å²) in [5, 5.41) is 0.996. The molecule has 1 N–H and O–H groups in total. The minimum absolute atomic E-state index is 0.00776. The lowest BCUT2D eigenvalue weighted by Crippen LogP contribution is -2.58. The molecule has 0 aromatic heterocycles. The second kappa shape index (κ2) is 12.9. The second-order valence-electron chi connectivity index (χ2n) is 12.6. The molecule has 2 saturated carbocycles. The Morgan fingerprint density at radius 2 is 1.72 bits per heavy atom. The number of nitrogens with one attached hydrogen (secondary N) is 1. The van der Waals surface area contributed by atoms with Crippen molar-refractivity contribution in [2.45, 2.75) is 61.1 Å². The van der Waals surface area contributed by atoms with E-state index in [4.69, 9.17) is 27.9 Å². The van der Waals surface area contributed by atoms with Crippen molar-refractivity contribution in [3.8, 4) is 0 Å². The minimum Gasteiger partial charge on any atom is -0.357 e. The smallest absolute Gasteiger partial charge is 0.253 e. The first-order valence-corrected chi connectivity index (χ1v) is 17.6. The van der Waals surface area contributed by atoms with Crippen LogP contribution in [0.4, 0.5) is 4.39 Å². The van der Waals surface area contributed by atoms with Gasteiger partial charge in [-0.05, 0) is 73.1 Å². The standard InChI is InChI=1S/C34H36Cl2FN3O5S/c1-39(2)30(41)19-29-33(42)40(31(22-12-14-24(35)15-13-22)32(45-29)23-6-5-7-25(36)18-23)28(21-10-11-21)20-38-46(43,44)34(16-17-34)26-8-3-4-9-27(26)37/h3-9,12-15,18,21,28-29,31-32,38H,10-11,16-17,19-20H2,1-2H3/t28-,29-,31-,32-/m1/s1. The van der Waals surface area contributed by atoms with E-state index in [1.165, 1.54) is 23.1 Å². The van der Waals surface area contributed by atoms with Gasteiger partial charge < -0.3 is 14.5 Å². The third-order valence-corrected chi connectivity index (χ3v) is 12.0. The SMILES string of the molecule is CN(C)C(=O)C[C@H]1O[C@H](c2cccc(Cl)c2)[C@@H](c2ccc(Cl)cc2)N([C@H](CNS(=O)(=O)C2(c3ccccc3F)CC2)C2CC2)C1=O. The van der Waals surface area contributed by atoms with Gasteiger partial charge >= 0.3 is 0 Å². The van der Waals surface area contributed by atoms with E-state index in [1.807, 2.05) is 18.2 Å². The molecule has 6 rings (SSSR count). The number of amides is 2. The van der Waals surface area contributed by atoms with Gasteiger partial charge in [0.25, 0.3) is 5.91 Å². The molecule has 1 heterocycles. The van der Waals surface area contributed by atoms with Crippen LogP contribution >= 0.6 is 23.2 Å². The molecule has 2 aliphatic carbocycles. The van der Waals surface area contributed by atoms with Gasteiger partial charge in [-0.25, -0.2) is 17.5 Å². The van der Waals surface area contributed by atoms with Crippen LogP contribution in [0.2, 0.25) is 10.0 Å². The highest BCUT2D eigenvalue weighted by atomic mass is 35.5. The zero-order valence-corrected chi connectivity index (χ0v) is 27.9. The maximum Gasteiger partial charge on any atom is 0.253 e. The Morgan fingerprint density at radius 1 is 1.02 bits per heavy atom. The van der Waals surface area contributed by atoms with Gasteiger partial charge in [0.1, 0.15) is 22.8 Å². The molecule has 244 valence electrons. The van der Waals surface area contributed by atoms with Crippen LogP contribution in [-0.2, 0) is 29.1 Å². The van der Waals surface area contributed by atoms with Crippen molar-refractivity contribution >= 4 is 45.0 Å². The first kappa shape index (κ1) is 32.9. The molecule has 1 aliphatic heterocycles. The van der Waals surface area contributed by atoms with Crippen LogP contribution < -0.4 is 4.72 Å². The van der Waals surface area contributed by atoms with Crippen LogP contribution in [0.15, 0.2) is 72.8 Å². The van der Waals surface area contributed by atoms with E-state index in [2.05, 4.69) is 4.72 Å². The molecule has 3 aromatic rings. The van der Waals surface area contributed by atoms with E-state index in [9.17, 15) is 22.4 Å². The Hall–Kier alpha value is -3.02. The van der Waals surface area contributed by atoms with Crippen LogP contribution in [0.1, 0.15) is 60.9 Å². The first-order valence-electron chi connectivity index (χ1n) is 15.3. The van der Waals surface area contributed by atoms with Crippen molar-refractivity contribution in [2.24, 2.45) is 5.92 Å². The number of halogens is 3. The van der Waals surface area contributed by atoms with Gasteiger partial charge in [-0.3, -0.25) is 9.59 Å². The van der Waals surface area contributed by atoms with Crippen molar-refractivity contribution < 1.29 is 27.1 Å². The molecule has 1 saturated heterocycles. The summed E-state index contributed by atoms with van der Waals surface area (Å²) in [7, 11) is -0.810. The number of nitrogens with zero attached hydrogens (tertiary/aromatic N) is 2. The van der Waals surface area contributed by atoms with E-state index >= 15 is 0 Å². The Balaban J connectivity index is 1.41. The predicted molar refractivity (Wildman–Crippen MR) is 174 cm³/mol. The lowest BCUT2D eigenvalue weighted by Gasteiger charge is -2.48. The molecule has 12 heteroatoms. The van der Waals surface area contributed by atoms with Gasteiger partial charge in [-0.1, -0.05) is 65.7 Å². The van der Waals surface area contributed by atoms with Gasteiger partial charge in [-0.15, -0.1) is 0 Å². The number of hydrogen-bond acceptors (Lipinski definition) is 5. The molecule has 0 bridgehead atoms. The van der Waals surface area contributed by atoms with Gasteiger partial charge in [0.15, 0.2) is 0 Å². The van der Waals surface area contributed by atoms with Crippen molar-refractivity contribution in [1.29, 1.82) is 0 Å². The Bertz CT molecular complexity index is 1730. The number of sulfonamides is 1. The monoisotopic (exact) mass is 687 g/mol. The van der Waals surface area contributed by atoms with E-state index < -0.39 is 50.8 Å². The number of hydrogen-bond donors (Lipinski definition) is 1. The molecule has 0 unspecified atom stereocenters. The highest BCUT2D eigenvalue weighted by Gasteiger charge is 2.58. The highest BCUT2D eigenvalue weighted by Crippen LogP contribution is 2.53. The molecule has 2 amide bonds. The summed E-state index contributed by atoms with van der Waals surface area (Å²) >= 11 is 12.7. The molecule has 46 heavy (non-hydrogen) atoms. The fourth-order valence-electron chi connectivity index (χ4n) is 6.48. The predicted octanol–water partition coefficient (Wildman–Crippen LogP) is 6.01. The van der Waals surface area contributed by atoms with Crippen LogP contribution in [-0.4, -0.2) is 62.8 Å². The Labute approximate surface area is 278 Å². The van der Waals surface area contributed by atoms with Crippen molar-refractivity contribution in [3.63, 3.8) is 0 Å². The summed E-state index contributed by atoms with van der Waals surface area (Å²) in [6.45, 7) is -0.0738. The molecule has 4 atom stereocenters. The van der Waals surface area contributed by atoms with E-state index in [-0.39, 0.29) is 30.4 Å². The summed E-state index contributed by atoms with van der Waals surface area (Å²) in [5.74, 6) is -1.24. The average Bonchev–Trinajstić information content (AvgIpc) is 3.95. The average molecular weight is 689 g/mol. The molecule has 3 fully saturated rings. The fourth-order valence-corrected chi connectivity index (χ4v) is 8.56. The Morgan fingerprint density at radius 3 is 2.33 bits per heavy atom. The number of benzene rings is 3. The van der Waals surface area contributed by atoms with Crippen LogP contribution in [0.3, 0.4) is 0 Å². The topological polar surface area (TPSA) is 96.0 Å². The number of carbonyl (C=O) groups excluding carboxylic acids is 2. The van der Waals surface area contributed by atoms with Gasteiger partial charge in [-0.2, -0.15) is 0 Å². The zero-order valence-electron chi connectivity index (χ0n) is 25.5. The summed E-state index contributed by atoms with van der Waals surface area (Å²) < 4.78 is 50.6. The summed E-state index contributed by atoms with van der Waals surface area (Å²) in [5.41, 5.74) is 1.59. The van der Waals surface area contributed by atoms with Gasteiger partial charge in [0, 0.05) is 42.3 Å². The van der Waals surface area contributed by atoms with Crippen molar-refractivity contribution in [1.82, 2.24) is 14.5 Å². The van der Waals surface area contributed by atoms with Crippen LogP contribution in [0.5, 0.6) is 0 Å². The molecular formula is C34H36Cl2FN3O5S. The molecule has 0 radical (unpaired) electrons. The van der Waals surface area contributed by atoms with Crippen molar-refractivity contribution in [3.05, 3.63) is 105 Å². The maximum absolute atomic E-state index is 14.8. The summed E-state index contributed by atoms with van der Waals surface area (Å²) in [6.07, 6.45) is 0.154. The fraction of sp³-hybridized carbons (Fsp3) is 0.412. The number of carbonyl (C=O) groups is 2. The molecular weight excluding hydrogens is 652 g/mol. The second-order valence-corrected chi connectivity index (χ2v) is 15.5. The number of morpholine rings is 1. The summed E-state index contributed by atoms with van der Waals surface area (Å²) in [6, 6.07) is 19.0. The number of ether oxygens (including phenoxy) is 1.